The maximum Gasteiger partial charge on any atom is 0.410 e. The van der Waals surface area contributed by atoms with Gasteiger partial charge in [0.25, 0.3) is 0 Å². The molecular formula is C19H27N5O2. The Morgan fingerprint density at radius 2 is 1.92 bits per heavy atom. The van der Waals surface area contributed by atoms with Crippen molar-refractivity contribution in [2.75, 3.05) is 30.8 Å². The number of anilines is 2. The lowest BCUT2D eigenvalue weighted by Gasteiger charge is -2.38. The van der Waals surface area contributed by atoms with Crippen LogP contribution in [0.4, 0.5) is 16.4 Å². The molecule has 140 valence electrons. The summed E-state index contributed by atoms with van der Waals surface area (Å²) in [4.78, 5) is 25.3. The summed E-state index contributed by atoms with van der Waals surface area (Å²) in [5.41, 5.74) is 7.26. The van der Waals surface area contributed by atoms with E-state index in [0.717, 1.165) is 30.4 Å². The highest BCUT2D eigenvalue weighted by Gasteiger charge is 2.30. The van der Waals surface area contributed by atoms with Gasteiger partial charge in [0.1, 0.15) is 5.60 Å². The van der Waals surface area contributed by atoms with Crippen molar-refractivity contribution >= 4 is 28.8 Å². The zero-order chi connectivity index (χ0) is 18.9. The van der Waals surface area contributed by atoms with Crippen LogP contribution in [0.3, 0.4) is 0 Å². The fourth-order valence-electron chi connectivity index (χ4n) is 3.18. The lowest BCUT2D eigenvalue weighted by atomic mass is 10.0. The average molecular weight is 357 g/mol. The molecule has 1 aliphatic rings. The van der Waals surface area contributed by atoms with E-state index in [1.165, 1.54) is 0 Å². The van der Waals surface area contributed by atoms with E-state index in [1.54, 1.807) is 11.9 Å². The monoisotopic (exact) mass is 357 g/mol. The molecule has 2 N–H and O–H groups in total. The summed E-state index contributed by atoms with van der Waals surface area (Å²) < 4.78 is 5.49. The first-order chi connectivity index (χ1) is 12.2. The molecule has 0 bridgehead atoms. The number of rotatable bonds is 2. The fourth-order valence-corrected chi connectivity index (χ4v) is 3.18. The second-order valence-electron chi connectivity index (χ2n) is 7.75. The second kappa shape index (κ2) is 6.97. The molecule has 26 heavy (non-hydrogen) atoms. The summed E-state index contributed by atoms with van der Waals surface area (Å²) in [6, 6.07) is 7.73. The molecule has 7 nitrogen and oxygen atoms in total. The van der Waals surface area contributed by atoms with Crippen molar-refractivity contribution in [3.63, 3.8) is 0 Å². The van der Waals surface area contributed by atoms with Crippen LogP contribution in [0.15, 0.2) is 24.3 Å². The van der Waals surface area contributed by atoms with Crippen molar-refractivity contribution in [2.24, 2.45) is 0 Å². The van der Waals surface area contributed by atoms with Gasteiger partial charge < -0.3 is 20.3 Å². The number of ether oxygens (including phenoxy) is 1. The quantitative estimate of drug-likeness (QED) is 0.889. The Morgan fingerprint density at radius 3 is 2.58 bits per heavy atom. The van der Waals surface area contributed by atoms with Crippen molar-refractivity contribution in [3.8, 4) is 0 Å². The predicted molar refractivity (Wildman–Crippen MR) is 103 cm³/mol. The van der Waals surface area contributed by atoms with Gasteiger partial charge in [-0.15, -0.1) is 0 Å². The van der Waals surface area contributed by atoms with Crippen LogP contribution in [0.2, 0.25) is 0 Å². The Kier molecular flexibility index (Phi) is 4.89. The average Bonchev–Trinajstić information content (AvgIpc) is 2.59. The number of benzene rings is 1. The van der Waals surface area contributed by atoms with Crippen LogP contribution >= 0.6 is 0 Å². The topological polar surface area (TPSA) is 84.6 Å². The number of carbonyl (C=O) groups excluding carboxylic acids is 1. The van der Waals surface area contributed by atoms with E-state index in [9.17, 15) is 4.79 Å². The van der Waals surface area contributed by atoms with Crippen LogP contribution in [0.25, 0.3) is 11.0 Å². The predicted octanol–water partition coefficient (Wildman–Crippen LogP) is 3.05. The second-order valence-corrected chi connectivity index (χ2v) is 7.75. The Morgan fingerprint density at radius 1 is 1.27 bits per heavy atom. The highest BCUT2D eigenvalue weighted by molar-refractivity contribution is 5.79. The van der Waals surface area contributed by atoms with Gasteiger partial charge in [-0.25, -0.2) is 14.8 Å². The molecule has 1 amide bonds. The Bertz CT molecular complexity index is 802. The van der Waals surface area contributed by atoms with Crippen LogP contribution in [-0.4, -0.2) is 52.7 Å². The number of amides is 1. The van der Waals surface area contributed by atoms with Crippen LogP contribution in [0, 0.1) is 0 Å². The molecular weight excluding hydrogens is 330 g/mol. The molecule has 3 rings (SSSR count). The van der Waals surface area contributed by atoms with Gasteiger partial charge >= 0.3 is 6.09 Å². The largest absolute Gasteiger partial charge is 0.444 e. The van der Waals surface area contributed by atoms with Gasteiger partial charge in [-0.1, -0.05) is 12.1 Å². The minimum Gasteiger partial charge on any atom is -0.444 e. The number of aromatic nitrogens is 2. The molecule has 7 heteroatoms. The first kappa shape index (κ1) is 18.2. The number of nitrogen functional groups attached to an aromatic ring is 1. The molecule has 1 atom stereocenters. The van der Waals surface area contributed by atoms with E-state index < -0.39 is 5.60 Å². The third-order valence-electron chi connectivity index (χ3n) is 4.50. The molecule has 1 saturated heterocycles. The van der Waals surface area contributed by atoms with Gasteiger partial charge in [0.2, 0.25) is 0 Å². The summed E-state index contributed by atoms with van der Waals surface area (Å²) in [6.07, 6.45) is 1.57. The maximum absolute atomic E-state index is 12.4. The van der Waals surface area contributed by atoms with Gasteiger partial charge in [0.15, 0.2) is 11.6 Å². The molecule has 1 aromatic heterocycles. The summed E-state index contributed by atoms with van der Waals surface area (Å²) in [6.45, 7) is 7.12. The third-order valence-corrected chi connectivity index (χ3v) is 4.50. The van der Waals surface area contributed by atoms with E-state index in [4.69, 9.17) is 15.5 Å². The molecule has 1 aromatic carbocycles. The van der Waals surface area contributed by atoms with E-state index in [0.29, 0.717) is 18.2 Å². The highest BCUT2D eigenvalue weighted by atomic mass is 16.6. The van der Waals surface area contributed by atoms with Crippen molar-refractivity contribution in [1.29, 1.82) is 0 Å². The zero-order valence-electron chi connectivity index (χ0n) is 15.9. The van der Waals surface area contributed by atoms with E-state index in [1.807, 2.05) is 45.0 Å². The molecule has 0 spiro atoms. The van der Waals surface area contributed by atoms with Crippen molar-refractivity contribution in [1.82, 2.24) is 14.9 Å². The number of hydrogen-bond acceptors (Lipinski definition) is 6. The number of carbonyl (C=O) groups is 1. The molecule has 2 heterocycles. The number of hydrogen-bond donors (Lipinski definition) is 1. The SMILES string of the molecule is CN(C(=O)OC(C)(C)C)[C@@H]1CCCN(c2nc3ccccc3nc2N)C1. The van der Waals surface area contributed by atoms with E-state index in [2.05, 4.69) is 9.88 Å². The standard InChI is InChI=1S/C19H27N5O2/c1-19(2,3)26-18(25)23(4)13-8-7-11-24(12-13)17-16(20)21-14-9-5-6-10-15(14)22-17/h5-6,9-10,13H,7-8,11-12H2,1-4H3,(H2,20,21)/t13-/m1/s1. The Hall–Kier alpha value is -2.57. The van der Waals surface area contributed by atoms with Gasteiger partial charge in [0, 0.05) is 20.1 Å². The van der Waals surface area contributed by atoms with E-state index in [-0.39, 0.29) is 12.1 Å². The number of likely N-dealkylation sites (N-methyl/N-ethyl adjacent to an activating group) is 1. The van der Waals surface area contributed by atoms with Crippen molar-refractivity contribution in [3.05, 3.63) is 24.3 Å². The first-order valence-corrected chi connectivity index (χ1v) is 8.97. The maximum atomic E-state index is 12.4. The minimum atomic E-state index is -0.506. The van der Waals surface area contributed by atoms with Gasteiger partial charge in [-0.2, -0.15) is 0 Å². The lowest BCUT2D eigenvalue weighted by Crippen LogP contribution is -2.50. The summed E-state index contributed by atoms with van der Waals surface area (Å²) in [5.74, 6) is 1.11. The van der Waals surface area contributed by atoms with E-state index >= 15 is 0 Å². The number of fused-ring (bicyclic) bond motifs is 1. The summed E-state index contributed by atoms with van der Waals surface area (Å²) in [7, 11) is 1.79. The molecule has 0 unspecified atom stereocenters. The first-order valence-electron chi connectivity index (χ1n) is 8.97. The highest BCUT2D eigenvalue weighted by Crippen LogP contribution is 2.27. The third kappa shape index (κ3) is 3.98. The normalized spacial score (nSPS) is 18.0. The number of para-hydroxylation sites is 2. The molecule has 1 fully saturated rings. The Labute approximate surface area is 154 Å². The minimum absolute atomic E-state index is 0.0475. The van der Waals surface area contributed by atoms with Crippen LogP contribution < -0.4 is 10.6 Å². The van der Waals surface area contributed by atoms with Crippen molar-refractivity contribution < 1.29 is 9.53 Å². The fraction of sp³-hybridized carbons (Fsp3) is 0.526. The van der Waals surface area contributed by atoms with Gasteiger partial charge in [-0.3, -0.25) is 0 Å². The van der Waals surface area contributed by atoms with Crippen LogP contribution in [-0.2, 0) is 4.74 Å². The summed E-state index contributed by atoms with van der Waals surface area (Å²) in [5, 5.41) is 0. The van der Waals surface area contributed by atoms with Crippen molar-refractivity contribution in [2.45, 2.75) is 45.3 Å². The molecule has 1 aliphatic heterocycles. The Balaban J connectivity index is 1.78. The molecule has 0 saturated carbocycles. The van der Waals surface area contributed by atoms with Gasteiger partial charge in [-0.05, 0) is 45.7 Å². The number of piperidine rings is 1. The summed E-state index contributed by atoms with van der Waals surface area (Å²) >= 11 is 0. The van der Waals surface area contributed by atoms with Crippen LogP contribution in [0.1, 0.15) is 33.6 Å². The molecule has 2 aromatic rings. The molecule has 0 aliphatic carbocycles. The van der Waals surface area contributed by atoms with Crippen LogP contribution in [0.5, 0.6) is 0 Å². The lowest BCUT2D eigenvalue weighted by molar-refractivity contribution is 0.0209. The smallest absolute Gasteiger partial charge is 0.410 e. The van der Waals surface area contributed by atoms with Gasteiger partial charge in [0.05, 0.1) is 17.1 Å². The number of nitrogens with zero attached hydrogens (tertiary/aromatic N) is 4. The number of nitrogens with two attached hydrogens (primary N) is 1. The zero-order valence-corrected chi connectivity index (χ0v) is 15.9. The molecule has 0 radical (unpaired) electrons.